The highest BCUT2D eigenvalue weighted by Crippen LogP contribution is 2.45. The molecule has 2 N–H and O–H groups in total. The van der Waals surface area contributed by atoms with Gasteiger partial charge in [0.1, 0.15) is 16.6 Å². The molecule has 110 valence electrons. The average molecular weight is 299 g/mol. The van der Waals surface area contributed by atoms with Gasteiger partial charge in [-0.25, -0.2) is 4.39 Å². The van der Waals surface area contributed by atoms with E-state index in [0.29, 0.717) is 5.92 Å². The molecule has 1 saturated carbocycles. The number of nitrogens with zero attached hydrogens (tertiary/aromatic N) is 1. The summed E-state index contributed by atoms with van der Waals surface area (Å²) in [5.41, 5.74) is 0.781. The zero-order valence-electron chi connectivity index (χ0n) is 11.4. The molecule has 0 aromatic heterocycles. The van der Waals surface area contributed by atoms with E-state index in [1.54, 1.807) is 6.07 Å². The summed E-state index contributed by atoms with van der Waals surface area (Å²) in [6.07, 6.45) is 3.58. The van der Waals surface area contributed by atoms with Crippen molar-refractivity contribution in [3.63, 3.8) is 0 Å². The number of nitrogens with one attached hydrogen (secondary N) is 1. The van der Waals surface area contributed by atoms with Crippen LogP contribution in [0.3, 0.4) is 0 Å². The van der Waals surface area contributed by atoms with Crippen molar-refractivity contribution >= 4 is 11.6 Å². The molecule has 20 heavy (non-hydrogen) atoms. The average Bonchev–Trinajstić information content (AvgIpc) is 2.42. The fourth-order valence-corrected chi connectivity index (χ4v) is 3.43. The summed E-state index contributed by atoms with van der Waals surface area (Å²) in [5.74, 6) is -0.0942. The van der Waals surface area contributed by atoms with Crippen molar-refractivity contribution in [2.45, 2.75) is 25.3 Å². The molecular weight excluding hydrogens is 279 g/mol. The van der Waals surface area contributed by atoms with E-state index < -0.39 is 5.82 Å². The van der Waals surface area contributed by atoms with E-state index in [2.05, 4.69) is 10.2 Å². The summed E-state index contributed by atoms with van der Waals surface area (Å²) < 4.78 is 13.4. The maximum absolute atomic E-state index is 13.4. The predicted molar refractivity (Wildman–Crippen MR) is 77.6 cm³/mol. The van der Waals surface area contributed by atoms with Crippen LogP contribution in [0.25, 0.3) is 0 Å². The number of hydrogen-bond donors (Lipinski definition) is 2. The molecule has 3 rings (SSSR count). The lowest BCUT2D eigenvalue weighted by Gasteiger charge is -2.43. The molecule has 0 radical (unpaired) electrons. The highest BCUT2D eigenvalue weighted by atomic mass is 35.5. The minimum atomic E-state index is -0.555. The van der Waals surface area contributed by atoms with Gasteiger partial charge in [0.2, 0.25) is 0 Å². The third-order valence-electron chi connectivity index (χ3n) is 4.56. The summed E-state index contributed by atoms with van der Waals surface area (Å²) in [6, 6.07) is 3.22. The molecule has 1 saturated heterocycles. The van der Waals surface area contributed by atoms with Crippen LogP contribution in [0.1, 0.15) is 30.9 Å². The fourth-order valence-electron chi connectivity index (χ4n) is 3.26. The van der Waals surface area contributed by atoms with E-state index in [1.165, 1.54) is 25.3 Å². The van der Waals surface area contributed by atoms with Gasteiger partial charge in [-0.15, -0.1) is 0 Å². The number of aromatic hydroxyl groups is 1. The first kappa shape index (κ1) is 14.1. The SMILES string of the molecule is Oc1c([C@H](C2CCC2)N2CCNCC2)ccc(F)c1Cl. The first-order valence-corrected chi connectivity index (χ1v) is 7.68. The Morgan fingerprint density at radius 1 is 1.30 bits per heavy atom. The van der Waals surface area contributed by atoms with Crippen LogP contribution in [0.15, 0.2) is 12.1 Å². The number of piperazine rings is 1. The molecule has 1 atom stereocenters. The maximum Gasteiger partial charge on any atom is 0.145 e. The Balaban J connectivity index is 1.94. The summed E-state index contributed by atoms with van der Waals surface area (Å²) in [4.78, 5) is 2.39. The van der Waals surface area contributed by atoms with Crippen molar-refractivity contribution in [1.82, 2.24) is 10.2 Å². The van der Waals surface area contributed by atoms with Gasteiger partial charge >= 0.3 is 0 Å². The number of phenolic OH excluding ortho intramolecular Hbond substituents is 1. The molecule has 0 unspecified atom stereocenters. The molecular formula is C15H20ClFN2O. The Hall–Kier alpha value is -0.840. The van der Waals surface area contributed by atoms with Crippen LogP contribution in [0.4, 0.5) is 4.39 Å². The number of phenols is 1. The summed E-state index contributed by atoms with van der Waals surface area (Å²) in [5, 5.41) is 13.4. The van der Waals surface area contributed by atoms with Gasteiger partial charge in [-0.3, -0.25) is 4.90 Å². The van der Waals surface area contributed by atoms with Crippen molar-refractivity contribution in [1.29, 1.82) is 0 Å². The lowest BCUT2D eigenvalue weighted by molar-refractivity contribution is 0.0819. The van der Waals surface area contributed by atoms with Crippen LogP contribution < -0.4 is 5.32 Å². The molecule has 1 aromatic rings. The lowest BCUT2D eigenvalue weighted by atomic mass is 9.76. The first-order valence-electron chi connectivity index (χ1n) is 7.30. The molecule has 1 aliphatic heterocycles. The monoisotopic (exact) mass is 298 g/mol. The first-order chi connectivity index (χ1) is 9.68. The Labute approximate surface area is 123 Å². The minimum Gasteiger partial charge on any atom is -0.506 e. The van der Waals surface area contributed by atoms with Gasteiger partial charge in [-0.05, 0) is 24.8 Å². The predicted octanol–water partition coefficient (Wildman–Crippen LogP) is 2.93. The molecule has 2 fully saturated rings. The van der Waals surface area contributed by atoms with Gasteiger partial charge in [-0.1, -0.05) is 24.1 Å². The summed E-state index contributed by atoms with van der Waals surface area (Å²) >= 11 is 5.88. The van der Waals surface area contributed by atoms with E-state index in [-0.39, 0.29) is 16.8 Å². The van der Waals surface area contributed by atoms with E-state index in [0.717, 1.165) is 31.7 Å². The van der Waals surface area contributed by atoms with Crippen LogP contribution in [0.2, 0.25) is 5.02 Å². The quantitative estimate of drug-likeness (QED) is 0.900. The van der Waals surface area contributed by atoms with Crippen molar-refractivity contribution < 1.29 is 9.50 Å². The topological polar surface area (TPSA) is 35.5 Å². The van der Waals surface area contributed by atoms with Gasteiger partial charge in [0.15, 0.2) is 0 Å². The molecule has 0 bridgehead atoms. The highest BCUT2D eigenvalue weighted by molar-refractivity contribution is 6.32. The van der Waals surface area contributed by atoms with E-state index in [4.69, 9.17) is 11.6 Å². The van der Waals surface area contributed by atoms with Crippen LogP contribution >= 0.6 is 11.6 Å². The van der Waals surface area contributed by atoms with Crippen molar-refractivity contribution in [3.05, 3.63) is 28.5 Å². The molecule has 3 nitrogen and oxygen atoms in total. The van der Waals surface area contributed by atoms with Gasteiger partial charge in [0.25, 0.3) is 0 Å². The Bertz CT molecular complexity index is 487. The molecule has 1 aromatic carbocycles. The summed E-state index contributed by atoms with van der Waals surface area (Å²) in [7, 11) is 0. The van der Waals surface area contributed by atoms with Crippen LogP contribution in [0.5, 0.6) is 5.75 Å². The zero-order chi connectivity index (χ0) is 14.1. The van der Waals surface area contributed by atoms with Gasteiger partial charge in [0, 0.05) is 37.8 Å². The largest absolute Gasteiger partial charge is 0.506 e. The van der Waals surface area contributed by atoms with Crippen molar-refractivity contribution in [2.75, 3.05) is 26.2 Å². The van der Waals surface area contributed by atoms with Crippen molar-refractivity contribution in [2.24, 2.45) is 5.92 Å². The molecule has 2 aliphatic rings. The molecule has 1 heterocycles. The lowest BCUT2D eigenvalue weighted by Crippen LogP contribution is -2.47. The fraction of sp³-hybridized carbons (Fsp3) is 0.600. The normalized spacial score (nSPS) is 22.5. The number of halogens is 2. The smallest absolute Gasteiger partial charge is 0.145 e. The van der Waals surface area contributed by atoms with E-state index >= 15 is 0 Å². The second-order valence-corrected chi connectivity index (χ2v) is 6.10. The van der Waals surface area contributed by atoms with Crippen LogP contribution in [-0.4, -0.2) is 36.2 Å². The standard InChI is InChI=1S/C15H20ClFN2O/c16-13-12(17)5-4-11(15(13)20)14(10-2-1-3-10)19-8-6-18-7-9-19/h4-5,10,14,18,20H,1-3,6-9H2/t14-/m0/s1. The Kier molecular flexibility index (Phi) is 4.15. The number of benzene rings is 1. The number of rotatable bonds is 3. The second kappa shape index (κ2) is 5.88. The Morgan fingerprint density at radius 3 is 2.60 bits per heavy atom. The van der Waals surface area contributed by atoms with Crippen LogP contribution in [-0.2, 0) is 0 Å². The van der Waals surface area contributed by atoms with Crippen LogP contribution in [0, 0.1) is 11.7 Å². The number of hydrogen-bond acceptors (Lipinski definition) is 3. The van der Waals surface area contributed by atoms with Crippen molar-refractivity contribution in [3.8, 4) is 5.75 Å². The van der Waals surface area contributed by atoms with Gasteiger partial charge < -0.3 is 10.4 Å². The zero-order valence-corrected chi connectivity index (χ0v) is 12.2. The van der Waals surface area contributed by atoms with Gasteiger partial charge in [0.05, 0.1) is 0 Å². The third kappa shape index (κ3) is 2.52. The maximum atomic E-state index is 13.4. The second-order valence-electron chi connectivity index (χ2n) is 5.72. The Morgan fingerprint density at radius 2 is 2.00 bits per heavy atom. The molecule has 1 aliphatic carbocycles. The van der Waals surface area contributed by atoms with E-state index in [9.17, 15) is 9.50 Å². The third-order valence-corrected chi connectivity index (χ3v) is 4.92. The molecule has 0 amide bonds. The molecule has 5 heteroatoms. The van der Waals surface area contributed by atoms with E-state index in [1.807, 2.05) is 0 Å². The highest BCUT2D eigenvalue weighted by Gasteiger charge is 2.35. The van der Waals surface area contributed by atoms with Gasteiger partial charge in [-0.2, -0.15) is 0 Å². The summed E-state index contributed by atoms with van der Waals surface area (Å²) in [6.45, 7) is 3.82. The minimum absolute atomic E-state index is 0.0814. The molecule has 0 spiro atoms.